The van der Waals surface area contributed by atoms with Gasteiger partial charge in [0.2, 0.25) is 0 Å². The van der Waals surface area contributed by atoms with Crippen molar-refractivity contribution in [2.45, 2.75) is 56.6 Å². The van der Waals surface area contributed by atoms with Gasteiger partial charge in [-0.15, -0.1) is 11.3 Å². The summed E-state index contributed by atoms with van der Waals surface area (Å²) in [5.74, 6) is 0. The molecule has 0 amide bonds. The van der Waals surface area contributed by atoms with Gasteiger partial charge in [0.05, 0.1) is 11.6 Å². The average Bonchev–Trinajstić information content (AvgIpc) is 2.76. The van der Waals surface area contributed by atoms with Crippen molar-refractivity contribution in [3.05, 3.63) is 16.6 Å². The van der Waals surface area contributed by atoms with Gasteiger partial charge in [-0.05, 0) is 12.8 Å². The Balaban J connectivity index is 2.09. The van der Waals surface area contributed by atoms with Crippen LogP contribution < -0.4 is 5.73 Å². The van der Waals surface area contributed by atoms with Gasteiger partial charge in [0.25, 0.3) is 0 Å². The van der Waals surface area contributed by atoms with Crippen molar-refractivity contribution in [2.24, 2.45) is 5.73 Å². The summed E-state index contributed by atoms with van der Waals surface area (Å²) in [6.45, 7) is 0. The fraction of sp³-hybridized carbons (Fsp3) is 0.750. The van der Waals surface area contributed by atoms with E-state index in [2.05, 4.69) is 4.98 Å². The Morgan fingerprint density at radius 3 is 2.44 bits per heavy atom. The van der Waals surface area contributed by atoms with E-state index in [-0.39, 0.29) is 6.04 Å². The maximum Gasteiger partial charge on any atom is 0.112 e. The predicted molar refractivity (Wildman–Crippen MR) is 66.3 cm³/mol. The van der Waals surface area contributed by atoms with E-state index in [1.165, 1.54) is 30.6 Å². The third-order valence-electron chi connectivity index (χ3n) is 3.52. The van der Waals surface area contributed by atoms with E-state index in [1.54, 1.807) is 6.20 Å². The SMILES string of the molecule is NC(c1nccs1)C1(O)CCCCCCC1. The number of hydrogen-bond acceptors (Lipinski definition) is 4. The molecule has 1 atom stereocenters. The van der Waals surface area contributed by atoms with Crippen LogP contribution in [0, 0.1) is 0 Å². The van der Waals surface area contributed by atoms with Crippen LogP contribution in [0.2, 0.25) is 0 Å². The molecule has 1 aliphatic carbocycles. The lowest BCUT2D eigenvalue weighted by atomic mass is 9.82. The topological polar surface area (TPSA) is 59.1 Å². The maximum absolute atomic E-state index is 10.7. The highest BCUT2D eigenvalue weighted by Crippen LogP contribution is 2.35. The van der Waals surface area contributed by atoms with Gasteiger partial charge < -0.3 is 10.8 Å². The van der Waals surface area contributed by atoms with Gasteiger partial charge in [0.1, 0.15) is 5.01 Å². The van der Waals surface area contributed by atoms with Crippen LogP contribution in [-0.2, 0) is 0 Å². The highest BCUT2D eigenvalue weighted by atomic mass is 32.1. The van der Waals surface area contributed by atoms with Gasteiger partial charge in [-0.2, -0.15) is 0 Å². The number of nitrogens with two attached hydrogens (primary N) is 1. The first-order valence-electron chi connectivity index (χ1n) is 6.10. The summed E-state index contributed by atoms with van der Waals surface area (Å²) < 4.78 is 0. The first kappa shape index (κ1) is 12.0. The summed E-state index contributed by atoms with van der Waals surface area (Å²) in [6.07, 6.45) is 9.27. The molecular formula is C12H20N2OS. The van der Waals surface area contributed by atoms with Gasteiger partial charge in [0.15, 0.2) is 0 Å². The summed E-state index contributed by atoms with van der Waals surface area (Å²) in [6, 6.07) is -0.314. The van der Waals surface area contributed by atoms with Crippen molar-refractivity contribution in [1.29, 1.82) is 0 Å². The Kier molecular flexibility index (Phi) is 3.95. The molecular weight excluding hydrogens is 220 g/mol. The lowest BCUT2D eigenvalue weighted by Crippen LogP contribution is -2.41. The van der Waals surface area contributed by atoms with Gasteiger partial charge in [-0.3, -0.25) is 0 Å². The molecule has 3 nitrogen and oxygen atoms in total. The van der Waals surface area contributed by atoms with Gasteiger partial charge in [-0.25, -0.2) is 4.98 Å². The molecule has 1 heterocycles. The van der Waals surface area contributed by atoms with E-state index in [4.69, 9.17) is 5.73 Å². The van der Waals surface area contributed by atoms with E-state index in [1.807, 2.05) is 5.38 Å². The van der Waals surface area contributed by atoms with Crippen LogP contribution in [0.5, 0.6) is 0 Å². The minimum atomic E-state index is -0.738. The Bertz CT molecular complexity index is 305. The van der Waals surface area contributed by atoms with Crippen LogP contribution in [0.3, 0.4) is 0 Å². The lowest BCUT2D eigenvalue weighted by Gasteiger charge is -2.34. The zero-order chi connectivity index (χ0) is 11.4. The Labute approximate surface area is 101 Å². The van der Waals surface area contributed by atoms with Crippen LogP contribution in [-0.4, -0.2) is 15.7 Å². The molecule has 0 bridgehead atoms. The molecule has 16 heavy (non-hydrogen) atoms. The highest BCUT2D eigenvalue weighted by Gasteiger charge is 2.36. The molecule has 0 aromatic carbocycles. The molecule has 0 radical (unpaired) electrons. The van der Waals surface area contributed by atoms with Crippen molar-refractivity contribution in [1.82, 2.24) is 4.98 Å². The van der Waals surface area contributed by atoms with Crippen LogP contribution >= 0.6 is 11.3 Å². The van der Waals surface area contributed by atoms with Crippen LogP contribution in [0.15, 0.2) is 11.6 Å². The zero-order valence-electron chi connectivity index (χ0n) is 9.56. The van der Waals surface area contributed by atoms with Gasteiger partial charge in [-0.1, -0.05) is 32.1 Å². The first-order valence-corrected chi connectivity index (χ1v) is 6.98. The normalized spacial score (nSPS) is 23.4. The average molecular weight is 240 g/mol. The van der Waals surface area contributed by atoms with E-state index in [0.29, 0.717) is 0 Å². The van der Waals surface area contributed by atoms with Crippen molar-refractivity contribution >= 4 is 11.3 Å². The Morgan fingerprint density at radius 2 is 1.88 bits per heavy atom. The summed E-state index contributed by atoms with van der Waals surface area (Å²) in [7, 11) is 0. The number of thiazole rings is 1. The second kappa shape index (κ2) is 5.25. The quantitative estimate of drug-likeness (QED) is 0.835. The molecule has 1 unspecified atom stereocenters. The fourth-order valence-electron chi connectivity index (χ4n) is 2.45. The number of aromatic nitrogens is 1. The molecule has 0 saturated heterocycles. The molecule has 0 aliphatic heterocycles. The zero-order valence-corrected chi connectivity index (χ0v) is 10.4. The molecule has 1 aromatic rings. The summed E-state index contributed by atoms with van der Waals surface area (Å²) in [5, 5.41) is 13.4. The molecule has 1 aliphatic rings. The summed E-state index contributed by atoms with van der Waals surface area (Å²) in [5.41, 5.74) is 5.43. The lowest BCUT2D eigenvalue weighted by molar-refractivity contribution is -0.0110. The third-order valence-corrected chi connectivity index (χ3v) is 4.37. The van der Waals surface area contributed by atoms with Crippen molar-refractivity contribution < 1.29 is 5.11 Å². The van der Waals surface area contributed by atoms with E-state index >= 15 is 0 Å². The minimum absolute atomic E-state index is 0.314. The number of rotatable bonds is 2. The number of nitrogens with zero attached hydrogens (tertiary/aromatic N) is 1. The fourth-order valence-corrected chi connectivity index (χ4v) is 3.20. The molecule has 1 saturated carbocycles. The smallest absolute Gasteiger partial charge is 0.112 e. The van der Waals surface area contributed by atoms with Crippen LogP contribution in [0.1, 0.15) is 56.0 Å². The second-order valence-corrected chi connectivity index (χ2v) is 5.65. The summed E-state index contributed by atoms with van der Waals surface area (Å²) >= 11 is 1.54. The largest absolute Gasteiger partial charge is 0.388 e. The van der Waals surface area contributed by atoms with E-state index in [0.717, 1.165) is 30.7 Å². The van der Waals surface area contributed by atoms with Crippen molar-refractivity contribution in [2.75, 3.05) is 0 Å². The number of aliphatic hydroxyl groups is 1. The van der Waals surface area contributed by atoms with Crippen molar-refractivity contribution in [3.63, 3.8) is 0 Å². The molecule has 1 fully saturated rings. The summed E-state index contributed by atoms with van der Waals surface area (Å²) in [4.78, 5) is 4.22. The number of hydrogen-bond donors (Lipinski definition) is 2. The Morgan fingerprint density at radius 1 is 1.25 bits per heavy atom. The minimum Gasteiger partial charge on any atom is -0.388 e. The van der Waals surface area contributed by atoms with E-state index in [9.17, 15) is 5.11 Å². The monoisotopic (exact) mass is 240 g/mol. The van der Waals surface area contributed by atoms with Gasteiger partial charge >= 0.3 is 0 Å². The molecule has 4 heteroatoms. The third kappa shape index (κ3) is 2.62. The second-order valence-electron chi connectivity index (χ2n) is 4.72. The van der Waals surface area contributed by atoms with Crippen LogP contribution in [0.4, 0.5) is 0 Å². The Hall–Kier alpha value is -0.450. The van der Waals surface area contributed by atoms with E-state index < -0.39 is 5.60 Å². The highest BCUT2D eigenvalue weighted by molar-refractivity contribution is 7.09. The standard InChI is InChI=1S/C12H20N2OS/c13-10(11-14-8-9-16-11)12(15)6-4-2-1-3-5-7-12/h8-10,15H,1-7,13H2. The predicted octanol–water partition coefficient (Wildman–Crippen LogP) is 2.62. The molecule has 3 N–H and O–H groups in total. The first-order chi connectivity index (χ1) is 7.72. The molecule has 2 rings (SSSR count). The maximum atomic E-state index is 10.7. The molecule has 1 aromatic heterocycles. The van der Waals surface area contributed by atoms with Crippen LogP contribution in [0.25, 0.3) is 0 Å². The van der Waals surface area contributed by atoms with Gasteiger partial charge in [0, 0.05) is 11.6 Å². The van der Waals surface area contributed by atoms with Crippen molar-refractivity contribution in [3.8, 4) is 0 Å². The molecule has 90 valence electrons. The molecule has 0 spiro atoms.